The summed E-state index contributed by atoms with van der Waals surface area (Å²) in [6.07, 6.45) is 20.3. The van der Waals surface area contributed by atoms with Crippen LogP contribution in [-0.2, 0) is 10.1 Å². The smallest absolute Gasteiger partial charge is 0.312 e. The minimum Gasteiger partial charge on any atom is -0.487 e. The van der Waals surface area contributed by atoms with Crippen molar-refractivity contribution < 1.29 is 22.6 Å². The Morgan fingerprint density at radius 2 is 1.25 bits per heavy atom. The molecule has 0 bridgehead atoms. The second-order valence-corrected chi connectivity index (χ2v) is 9.94. The highest BCUT2D eigenvalue weighted by Gasteiger charge is 2.20. The van der Waals surface area contributed by atoms with Gasteiger partial charge in [0.05, 0.1) is 11.5 Å². The molecule has 7 nitrogen and oxygen atoms in total. The predicted molar refractivity (Wildman–Crippen MR) is 128 cm³/mol. The molecule has 1 aromatic rings. The van der Waals surface area contributed by atoms with Crippen LogP contribution >= 0.6 is 0 Å². The fourth-order valence-corrected chi connectivity index (χ4v) is 4.26. The van der Waals surface area contributed by atoms with E-state index >= 15 is 0 Å². The summed E-state index contributed by atoms with van der Waals surface area (Å²) in [7, 11) is -4.49. The van der Waals surface area contributed by atoms with E-state index in [9.17, 15) is 18.5 Å². The molecule has 0 unspecified atom stereocenters. The Morgan fingerprint density at radius 3 is 1.66 bits per heavy atom. The lowest BCUT2D eigenvalue weighted by Crippen LogP contribution is -2.03. The predicted octanol–water partition coefficient (Wildman–Crippen LogP) is 7.48. The largest absolute Gasteiger partial charge is 0.487 e. The number of nitro benzene ring substituents is 1. The van der Waals surface area contributed by atoms with Gasteiger partial charge in [-0.1, -0.05) is 103 Å². The molecule has 8 heteroatoms. The number of nitrogens with zero attached hydrogens (tertiary/aromatic N) is 1. The van der Waals surface area contributed by atoms with Crippen LogP contribution in [0, 0.1) is 10.1 Å². The Morgan fingerprint density at radius 1 is 0.812 bits per heavy atom. The second kappa shape index (κ2) is 16.9. The van der Waals surface area contributed by atoms with Gasteiger partial charge in [-0.25, -0.2) is 0 Å². The average molecular weight is 472 g/mol. The fourth-order valence-electron chi connectivity index (χ4n) is 3.75. The Bertz CT molecular complexity index is 751. The lowest BCUT2D eigenvalue weighted by Gasteiger charge is -2.08. The van der Waals surface area contributed by atoms with E-state index in [2.05, 4.69) is 6.92 Å². The van der Waals surface area contributed by atoms with Crippen LogP contribution < -0.4 is 4.74 Å². The van der Waals surface area contributed by atoms with E-state index in [0.29, 0.717) is 6.61 Å². The Kier molecular flexibility index (Phi) is 15.0. The van der Waals surface area contributed by atoms with Crippen LogP contribution in [0.25, 0.3) is 0 Å². The van der Waals surface area contributed by atoms with Crippen molar-refractivity contribution >= 4 is 15.8 Å². The van der Waals surface area contributed by atoms with Gasteiger partial charge < -0.3 is 4.74 Å². The zero-order chi connectivity index (χ0) is 23.7. The molecule has 1 N–H and O–H groups in total. The summed E-state index contributed by atoms with van der Waals surface area (Å²) in [6, 6.07) is 3.14. The standard InChI is InChI=1S/C24H41NO6S/c1-2-3-4-5-6-7-8-9-10-11-12-13-14-15-16-17-20-31-24-19-18-22(32(28,29)30)21-23(24)25(26)27/h18-19,21H,2-17,20H2,1H3,(H,28,29,30). The molecule has 0 radical (unpaired) electrons. The van der Waals surface area contributed by atoms with Gasteiger partial charge in [-0.05, 0) is 18.6 Å². The van der Waals surface area contributed by atoms with Crippen LogP contribution in [0.5, 0.6) is 5.75 Å². The molecule has 0 atom stereocenters. The van der Waals surface area contributed by atoms with Crippen molar-refractivity contribution in [1.29, 1.82) is 0 Å². The normalized spacial score (nSPS) is 11.6. The van der Waals surface area contributed by atoms with Gasteiger partial charge in [-0.3, -0.25) is 14.7 Å². The van der Waals surface area contributed by atoms with Gasteiger partial charge >= 0.3 is 5.69 Å². The minimum atomic E-state index is -4.49. The third-order valence-electron chi connectivity index (χ3n) is 5.68. The van der Waals surface area contributed by atoms with Gasteiger partial charge in [0.25, 0.3) is 10.1 Å². The van der Waals surface area contributed by atoms with Crippen molar-refractivity contribution in [2.24, 2.45) is 0 Å². The first-order valence-corrected chi connectivity index (χ1v) is 13.7. The molecule has 1 rings (SSSR count). The van der Waals surface area contributed by atoms with E-state index < -0.39 is 25.6 Å². The SMILES string of the molecule is CCCCCCCCCCCCCCCCCCOc1ccc(S(=O)(=O)O)cc1[N+](=O)[O-]. The number of nitro groups is 1. The molecule has 32 heavy (non-hydrogen) atoms. The summed E-state index contributed by atoms with van der Waals surface area (Å²) in [5.41, 5.74) is -0.461. The third-order valence-corrected chi connectivity index (χ3v) is 6.53. The van der Waals surface area contributed by atoms with Crippen molar-refractivity contribution in [3.63, 3.8) is 0 Å². The van der Waals surface area contributed by atoms with Crippen molar-refractivity contribution in [2.45, 2.75) is 115 Å². The first-order chi connectivity index (χ1) is 15.4. The monoisotopic (exact) mass is 471 g/mol. The van der Waals surface area contributed by atoms with Gasteiger partial charge in [0.1, 0.15) is 4.90 Å². The van der Waals surface area contributed by atoms with Gasteiger partial charge in [0.15, 0.2) is 5.75 Å². The number of rotatable bonds is 20. The summed E-state index contributed by atoms with van der Waals surface area (Å²) < 4.78 is 36.8. The molecule has 0 aliphatic carbocycles. The topological polar surface area (TPSA) is 107 Å². The highest BCUT2D eigenvalue weighted by Crippen LogP contribution is 2.30. The van der Waals surface area contributed by atoms with Crippen molar-refractivity contribution in [1.82, 2.24) is 0 Å². The molecular formula is C24H41NO6S. The first-order valence-electron chi connectivity index (χ1n) is 12.2. The molecule has 0 heterocycles. The molecule has 0 saturated carbocycles. The fraction of sp³-hybridized carbons (Fsp3) is 0.750. The molecule has 0 aliphatic heterocycles. The minimum absolute atomic E-state index is 0.0170. The quantitative estimate of drug-likeness (QED) is 0.0914. The van der Waals surface area contributed by atoms with E-state index in [1.165, 1.54) is 89.5 Å². The third kappa shape index (κ3) is 13.0. The van der Waals surface area contributed by atoms with Crippen molar-refractivity contribution in [2.75, 3.05) is 6.61 Å². The van der Waals surface area contributed by atoms with Crippen LogP contribution in [-0.4, -0.2) is 24.5 Å². The number of unbranched alkanes of at least 4 members (excludes halogenated alkanes) is 15. The van der Waals surface area contributed by atoms with E-state index in [4.69, 9.17) is 9.29 Å². The Hall–Kier alpha value is -1.67. The summed E-state index contributed by atoms with van der Waals surface area (Å²) >= 11 is 0. The van der Waals surface area contributed by atoms with Crippen molar-refractivity contribution in [3.8, 4) is 5.75 Å². The van der Waals surface area contributed by atoms with Crippen LogP contribution in [0.2, 0.25) is 0 Å². The number of hydrogen-bond acceptors (Lipinski definition) is 5. The average Bonchev–Trinajstić information content (AvgIpc) is 2.75. The Balaban J connectivity index is 2.03. The molecule has 0 fully saturated rings. The summed E-state index contributed by atoms with van der Waals surface area (Å²) in [6.45, 7) is 2.59. The van der Waals surface area contributed by atoms with Crippen LogP contribution in [0.15, 0.2) is 23.1 Å². The molecule has 184 valence electrons. The van der Waals surface area contributed by atoms with Crippen LogP contribution in [0.3, 0.4) is 0 Å². The summed E-state index contributed by atoms with van der Waals surface area (Å²) in [4.78, 5) is 9.91. The molecule has 0 aliphatic rings. The molecular weight excluding hydrogens is 430 g/mol. The maximum Gasteiger partial charge on any atom is 0.312 e. The van der Waals surface area contributed by atoms with Gasteiger partial charge in [0.2, 0.25) is 0 Å². The lowest BCUT2D eigenvalue weighted by molar-refractivity contribution is -0.386. The number of benzene rings is 1. The van der Waals surface area contributed by atoms with Gasteiger partial charge in [-0.2, -0.15) is 8.42 Å². The number of hydrogen-bond donors (Lipinski definition) is 1. The van der Waals surface area contributed by atoms with Crippen molar-refractivity contribution in [3.05, 3.63) is 28.3 Å². The van der Waals surface area contributed by atoms with E-state index in [1.807, 2.05) is 0 Å². The second-order valence-electron chi connectivity index (χ2n) is 8.51. The zero-order valence-electron chi connectivity index (χ0n) is 19.6. The highest BCUT2D eigenvalue weighted by molar-refractivity contribution is 7.85. The maximum absolute atomic E-state index is 11.1. The summed E-state index contributed by atoms with van der Waals surface area (Å²) in [5.74, 6) is 0.0170. The molecule has 0 aromatic heterocycles. The van der Waals surface area contributed by atoms with Crippen LogP contribution in [0.4, 0.5) is 5.69 Å². The van der Waals surface area contributed by atoms with Gasteiger partial charge in [-0.15, -0.1) is 0 Å². The first kappa shape index (κ1) is 28.4. The molecule has 0 amide bonds. The van der Waals surface area contributed by atoms with Crippen LogP contribution in [0.1, 0.15) is 110 Å². The molecule has 0 saturated heterocycles. The molecule has 1 aromatic carbocycles. The highest BCUT2D eigenvalue weighted by atomic mass is 32.2. The number of ether oxygens (including phenoxy) is 1. The maximum atomic E-state index is 11.1. The zero-order valence-corrected chi connectivity index (χ0v) is 20.4. The van der Waals surface area contributed by atoms with Gasteiger partial charge in [0, 0.05) is 6.07 Å². The Labute approximate surface area is 193 Å². The van der Waals surface area contributed by atoms with E-state index in [1.54, 1.807) is 0 Å². The van der Waals surface area contributed by atoms with E-state index in [-0.39, 0.29) is 5.75 Å². The molecule has 0 spiro atoms. The lowest BCUT2D eigenvalue weighted by atomic mass is 10.0. The summed E-state index contributed by atoms with van der Waals surface area (Å²) in [5, 5.41) is 11.1. The van der Waals surface area contributed by atoms with E-state index in [0.717, 1.165) is 31.4 Å².